The lowest BCUT2D eigenvalue weighted by Gasteiger charge is -2.18. The van der Waals surface area contributed by atoms with E-state index in [2.05, 4.69) is 6.07 Å². The van der Waals surface area contributed by atoms with Crippen molar-refractivity contribution in [2.24, 2.45) is 0 Å². The van der Waals surface area contributed by atoms with Crippen LogP contribution >= 0.6 is 0 Å². The first-order chi connectivity index (χ1) is 4.79. The molecule has 1 aromatic carbocycles. The third-order valence-electron chi connectivity index (χ3n) is 1.55. The quantitative estimate of drug-likeness (QED) is 0.499. The average Bonchev–Trinajstić information content (AvgIpc) is 1.91. The molecule has 0 aromatic heterocycles. The normalized spacial score (nSPS) is 13.5. The van der Waals surface area contributed by atoms with Crippen molar-refractivity contribution in [3.63, 3.8) is 0 Å². The summed E-state index contributed by atoms with van der Waals surface area (Å²) in [4.78, 5) is 10.6. The summed E-state index contributed by atoms with van der Waals surface area (Å²) >= 11 is 0. The van der Waals surface area contributed by atoms with Crippen molar-refractivity contribution in [1.29, 1.82) is 0 Å². The van der Waals surface area contributed by atoms with Gasteiger partial charge in [0, 0.05) is 6.07 Å². The highest BCUT2D eigenvalue weighted by Crippen LogP contribution is 2.31. The van der Waals surface area contributed by atoms with Crippen LogP contribution in [0.25, 0.3) is 0 Å². The summed E-state index contributed by atoms with van der Waals surface area (Å²) in [5, 5.41) is 0. The van der Waals surface area contributed by atoms with E-state index in [0.29, 0.717) is 11.3 Å². The van der Waals surface area contributed by atoms with Crippen molar-refractivity contribution in [2.45, 2.75) is 6.92 Å². The number of hydrogen-bond acceptors (Lipinski definition) is 2. The molecule has 0 spiro atoms. The molecule has 1 radical (unpaired) electrons. The molecule has 49 valence electrons. The number of esters is 1. The van der Waals surface area contributed by atoms with Gasteiger partial charge in [-0.25, -0.2) is 4.79 Å². The Morgan fingerprint density at radius 1 is 1.60 bits per heavy atom. The minimum absolute atomic E-state index is 0.265. The molecule has 0 fully saturated rings. The lowest BCUT2D eigenvalue weighted by atomic mass is 10.1. The Hall–Kier alpha value is -1.31. The first-order valence-corrected chi connectivity index (χ1v) is 3.02. The maximum atomic E-state index is 10.6. The van der Waals surface area contributed by atoms with Gasteiger partial charge in [-0.2, -0.15) is 0 Å². The molecular formula is C8H5O2. The van der Waals surface area contributed by atoms with Gasteiger partial charge in [0.1, 0.15) is 11.3 Å². The third-order valence-corrected chi connectivity index (χ3v) is 1.55. The van der Waals surface area contributed by atoms with Crippen LogP contribution in [0.2, 0.25) is 0 Å². The Morgan fingerprint density at radius 3 is 3.00 bits per heavy atom. The van der Waals surface area contributed by atoms with Crippen LogP contribution in [-0.4, -0.2) is 5.97 Å². The number of ether oxygens (including phenoxy) is 1. The number of carbonyl (C=O) groups is 1. The molecular weight excluding hydrogens is 128 g/mol. The van der Waals surface area contributed by atoms with Crippen LogP contribution in [0.4, 0.5) is 0 Å². The molecule has 0 unspecified atom stereocenters. The fraction of sp³-hybridized carbons (Fsp3) is 0.125. The SMILES string of the molecule is Cc1cc[c]c2c1OC2=O. The molecule has 0 saturated heterocycles. The molecule has 1 aliphatic rings. The second kappa shape index (κ2) is 1.59. The number of fused-ring (bicyclic) bond motifs is 1. The molecule has 1 aliphatic heterocycles. The standard InChI is InChI=1S/C8H5O2/c1-5-3-2-4-6-7(5)10-8(6)9/h2-3H,1H3. The number of carbonyl (C=O) groups excluding carboxylic acids is 1. The lowest BCUT2D eigenvalue weighted by Crippen LogP contribution is -2.21. The predicted molar refractivity (Wildman–Crippen MR) is 35.0 cm³/mol. The summed E-state index contributed by atoms with van der Waals surface area (Å²) in [6, 6.07) is 6.40. The van der Waals surface area contributed by atoms with Crippen LogP contribution in [0.5, 0.6) is 5.75 Å². The fourth-order valence-corrected chi connectivity index (χ4v) is 0.969. The predicted octanol–water partition coefficient (Wildman–Crippen LogP) is 1.33. The molecule has 2 rings (SSSR count). The van der Waals surface area contributed by atoms with E-state index in [-0.39, 0.29) is 5.97 Å². The molecule has 0 N–H and O–H groups in total. The van der Waals surface area contributed by atoms with Crippen molar-refractivity contribution in [3.8, 4) is 5.75 Å². The van der Waals surface area contributed by atoms with E-state index < -0.39 is 0 Å². The number of hydrogen-bond donors (Lipinski definition) is 0. The zero-order valence-electron chi connectivity index (χ0n) is 5.47. The Balaban J connectivity index is 2.66. The summed E-state index contributed by atoms with van der Waals surface area (Å²) in [6.45, 7) is 1.90. The largest absolute Gasteiger partial charge is 0.422 e. The van der Waals surface area contributed by atoms with E-state index in [1.807, 2.05) is 13.0 Å². The van der Waals surface area contributed by atoms with E-state index in [4.69, 9.17) is 4.74 Å². The number of aryl methyl sites for hydroxylation is 1. The molecule has 2 heteroatoms. The van der Waals surface area contributed by atoms with Gasteiger partial charge in [-0.3, -0.25) is 0 Å². The van der Waals surface area contributed by atoms with E-state index in [9.17, 15) is 4.79 Å². The van der Waals surface area contributed by atoms with Crippen molar-refractivity contribution >= 4 is 5.97 Å². The van der Waals surface area contributed by atoms with Gasteiger partial charge in [0.15, 0.2) is 0 Å². The molecule has 1 heterocycles. The van der Waals surface area contributed by atoms with Crippen LogP contribution in [-0.2, 0) is 0 Å². The molecule has 2 nitrogen and oxygen atoms in total. The smallest absolute Gasteiger partial charge is 0.348 e. The topological polar surface area (TPSA) is 26.3 Å². The van der Waals surface area contributed by atoms with Crippen LogP contribution in [0.1, 0.15) is 15.9 Å². The van der Waals surface area contributed by atoms with Crippen molar-refractivity contribution in [2.75, 3.05) is 0 Å². The highest BCUT2D eigenvalue weighted by Gasteiger charge is 2.27. The zero-order chi connectivity index (χ0) is 7.14. The second-order valence-corrected chi connectivity index (χ2v) is 2.25. The monoisotopic (exact) mass is 133 g/mol. The van der Waals surface area contributed by atoms with E-state index in [1.54, 1.807) is 6.07 Å². The minimum Gasteiger partial charge on any atom is -0.422 e. The van der Waals surface area contributed by atoms with Crippen molar-refractivity contribution in [1.82, 2.24) is 0 Å². The molecule has 0 atom stereocenters. The molecule has 10 heavy (non-hydrogen) atoms. The molecule has 0 aliphatic carbocycles. The Morgan fingerprint density at radius 2 is 2.40 bits per heavy atom. The third kappa shape index (κ3) is 0.506. The van der Waals surface area contributed by atoms with E-state index >= 15 is 0 Å². The van der Waals surface area contributed by atoms with Gasteiger partial charge < -0.3 is 4.74 Å². The average molecular weight is 133 g/mol. The van der Waals surface area contributed by atoms with Gasteiger partial charge in [-0.05, 0) is 12.5 Å². The number of rotatable bonds is 0. The molecule has 1 aromatic rings. The van der Waals surface area contributed by atoms with E-state index in [1.165, 1.54) is 0 Å². The summed E-state index contributed by atoms with van der Waals surface area (Å²) in [7, 11) is 0. The summed E-state index contributed by atoms with van der Waals surface area (Å²) in [5.41, 5.74) is 1.58. The maximum absolute atomic E-state index is 10.6. The van der Waals surface area contributed by atoms with Crippen LogP contribution in [0.3, 0.4) is 0 Å². The first-order valence-electron chi connectivity index (χ1n) is 3.02. The molecule has 0 bridgehead atoms. The van der Waals surface area contributed by atoms with Gasteiger partial charge in [0.2, 0.25) is 0 Å². The summed E-state index contributed by atoms with van der Waals surface area (Å²) in [5.74, 6) is 0.422. The van der Waals surface area contributed by atoms with Crippen LogP contribution < -0.4 is 4.74 Å². The molecule has 0 amide bonds. The fourth-order valence-electron chi connectivity index (χ4n) is 0.969. The van der Waals surface area contributed by atoms with Gasteiger partial charge in [-0.15, -0.1) is 0 Å². The van der Waals surface area contributed by atoms with Gasteiger partial charge >= 0.3 is 5.97 Å². The van der Waals surface area contributed by atoms with Crippen LogP contribution in [0.15, 0.2) is 12.1 Å². The van der Waals surface area contributed by atoms with Gasteiger partial charge in [-0.1, -0.05) is 12.1 Å². The second-order valence-electron chi connectivity index (χ2n) is 2.25. The summed E-state index contributed by atoms with van der Waals surface area (Å²) in [6.07, 6.45) is 0. The highest BCUT2D eigenvalue weighted by molar-refractivity contribution is 6.01. The van der Waals surface area contributed by atoms with Crippen LogP contribution in [0, 0.1) is 13.0 Å². The Bertz CT molecular complexity index is 302. The van der Waals surface area contributed by atoms with Gasteiger partial charge in [0.05, 0.1) is 0 Å². The first kappa shape index (κ1) is 5.47. The van der Waals surface area contributed by atoms with Gasteiger partial charge in [0.25, 0.3) is 0 Å². The van der Waals surface area contributed by atoms with Crippen molar-refractivity contribution in [3.05, 3.63) is 29.3 Å². The summed E-state index contributed by atoms with van der Waals surface area (Å²) < 4.78 is 4.75. The van der Waals surface area contributed by atoms with E-state index in [0.717, 1.165) is 5.56 Å². The zero-order valence-corrected chi connectivity index (χ0v) is 5.47. The highest BCUT2D eigenvalue weighted by atomic mass is 16.6. The van der Waals surface area contributed by atoms with Crippen molar-refractivity contribution < 1.29 is 9.53 Å². The minimum atomic E-state index is -0.265. The Kier molecular flexibility index (Phi) is 0.873. The number of benzene rings is 1. The Labute approximate surface area is 58.4 Å². The lowest BCUT2D eigenvalue weighted by molar-refractivity contribution is 0.0656. The molecule has 0 saturated carbocycles. The maximum Gasteiger partial charge on any atom is 0.348 e.